The molecule has 5 aromatic rings. The van der Waals surface area contributed by atoms with E-state index in [0.29, 0.717) is 32.9 Å². The van der Waals surface area contributed by atoms with Crippen LogP contribution in [0.5, 0.6) is 5.75 Å². The van der Waals surface area contributed by atoms with Gasteiger partial charge in [0.1, 0.15) is 10.6 Å². The van der Waals surface area contributed by atoms with E-state index in [9.17, 15) is 4.79 Å². The van der Waals surface area contributed by atoms with Gasteiger partial charge in [0.05, 0.1) is 28.1 Å². The third kappa shape index (κ3) is 3.23. The van der Waals surface area contributed by atoms with Gasteiger partial charge in [-0.15, -0.1) is 11.3 Å². The van der Waals surface area contributed by atoms with Crippen LogP contribution in [0.4, 0.5) is 0 Å². The zero-order valence-corrected chi connectivity index (χ0v) is 18.2. The molecule has 2 aromatic heterocycles. The molecule has 1 atom stereocenters. The van der Waals surface area contributed by atoms with E-state index in [-0.39, 0.29) is 5.88 Å². The molecule has 6 heteroatoms. The topological polar surface area (TPSA) is 78.4 Å². The van der Waals surface area contributed by atoms with Gasteiger partial charge < -0.3 is 14.9 Å². The van der Waals surface area contributed by atoms with Gasteiger partial charge in [-0.05, 0) is 17.7 Å². The molecule has 0 spiro atoms. The summed E-state index contributed by atoms with van der Waals surface area (Å²) >= 11 is 1.48. The van der Waals surface area contributed by atoms with Gasteiger partial charge in [-0.25, -0.2) is 9.78 Å². The Labute approximate surface area is 193 Å². The molecule has 1 aliphatic heterocycles. The second-order valence-electron chi connectivity index (χ2n) is 7.76. The standard InChI is InChI=1S/C27H18N2O3S/c28-25-23(26-29-19(15-33-26)16-9-3-1-4-10-16)21(17-11-5-2-6-12-17)22-24(32-25)18-13-7-8-14-20(18)31-27(22)30/h1-15,21H,28H2/t21-/m0/s1. The minimum absolute atomic E-state index is 0.237. The maximum absolute atomic E-state index is 13.2. The zero-order valence-electron chi connectivity index (χ0n) is 17.4. The molecule has 33 heavy (non-hydrogen) atoms. The van der Waals surface area contributed by atoms with Gasteiger partial charge in [-0.2, -0.15) is 0 Å². The Morgan fingerprint density at radius 3 is 2.36 bits per heavy atom. The Balaban J connectivity index is 1.60. The fourth-order valence-corrected chi connectivity index (χ4v) is 5.20. The highest BCUT2D eigenvalue weighted by molar-refractivity contribution is 7.11. The molecule has 160 valence electrons. The maximum atomic E-state index is 13.2. The van der Waals surface area contributed by atoms with Crippen molar-refractivity contribution in [1.82, 2.24) is 4.98 Å². The van der Waals surface area contributed by atoms with Crippen LogP contribution >= 0.6 is 11.3 Å². The van der Waals surface area contributed by atoms with E-state index in [0.717, 1.165) is 16.8 Å². The second kappa shape index (κ2) is 7.76. The van der Waals surface area contributed by atoms with Gasteiger partial charge in [-0.3, -0.25) is 0 Å². The van der Waals surface area contributed by atoms with Gasteiger partial charge in [0.2, 0.25) is 0 Å². The predicted octanol–water partition coefficient (Wildman–Crippen LogP) is 5.77. The van der Waals surface area contributed by atoms with Crippen LogP contribution in [-0.2, 0) is 0 Å². The van der Waals surface area contributed by atoms with Crippen LogP contribution in [-0.4, -0.2) is 4.98 Å². The molecule has 0 radical (unpaired) electrons. The number of fused-ring (bicyclic) bond motifs is 3. The molecule has 0 aliphatic carbocycles. The average molecular weight is 451 g/mol. The van der Waals surface area contributed by atoms with Crippen LogP contribution in [0.3, 0.4) is 0 Å². The van der Waals surface area contributed by atoms with E-state index in [4.69, 9.17) is 19.9 Å². The summed E-state index contributed by atoms with van der Waals surface area (Å²) in [7, 11) is 0. The number of nitrogens with zero attached hydrogens (tertiary/aromatic N) is 1. The summed E-state index contributed by atoms with van der Waals surface area (Å²) in [5, 5.41) is 3.41. The molecule has 0 amide bonds. The number of rotatable bonds is 3. The average Bonchev–Trinajstić information content (AvgIpc) is 3.34. The number of para-hydroxylation sites is 1. The third-order valence-corrected chi connectivity index (χ3v) is 6.67. The monoisotopic (exact) mass is 450 g/mol. The third-order valence-electron chi connectivity index (χ3n) is 5.79. The predicted molar refractivity (Wildman–Crippen MR) is 130 cm³/mol. The molecule has 3 heterocycles. The summed E-state index contributed by atoms with van der Waals surface area (Å²) < 4.78 is 11.8. The molecular formula is C27H18N2O3S. The lowest BCUT2D eigenvalue weighted by molar-refractivity contribution is 0.399. The lowest BCUT2D eigenvalue weighted by atomic mass is 9.83. The molecule has 0 fully saturated rings. The highest BCUT2D eigenvalue weighted by Crippen LogP contribution is 2.48. The van der Waals surface area contributed by atoms with Gasteiger partial charge in [0, 0.05) is 10.9 Å². The van der Waals surface area contributed by atoms with Crippen LogP contribution in [0.2, 0.25) is 0 Å². The quantitative estimate of drug-likeness (QED) is 0.353. The van der Waals surface area contributed by atoms with E-state index in [2.05, 4.69) is 0 Å². The Morgan fingerprint density at radius 2 is 1.58 bits per heavy atom. The number of benzene rings is 3. The lowest BCUT2D eigenvalue weighted by Gasteiger charge is -2.28. The Kier molecular flexibility index (Phi) is 4.59. The highest BCUT2D eigenvalue weighted by Gasteiger charge is 2.37. The van der Waals surface area contributed by atoms with Crippen molar-refractivity contribution >= 4 is 27.9 Å². The van der Waals surface area contributed by atoms with Crippen molar-refractivity contribution in [3.8, 4) is 17.0 Å². The summed E-state index contributed by atoms with van der Waals surface area (Å²) in [4.78, 5) is 18.1. The van der Waals surface area contributed by atoms with Gasteiger partial charge >= 0.3 is 5.63 Å². The summed E-state index contributed by atoms with van der Waals surface area (Å²) in [5.41, 5.74) is 10.4. The van der Waals surface area contributed by atoms with Crippen molar-refractivity contribution in [3.63, 3.8) is 0 Å². The minimum Gasteiger partial charge on any atom is -0.440 e. The van der Waals surface area contributed by atoms with Crippen LogP contribution in [0.1, 0.15) is 22.1 Å². The van der Waals surface area contributed by atoms with Crippen LogP contribution < -0.4 is 16.1 Å². The second-order valence-corrected chi connectivity index (χ2v) is 8.61. The summed E-state index contributed by atoms with van der Waals surface area (Å²) in [5.74, 6) is 0.212. The van der Waals surface area contributed by atoms with Crippen LogP contribution in [0.15, 0.2) is 105 Å². The van der Waals surface area contributed by atoms with E-state index >= 15 is 0 Å². The fraction of sp³-hybridized carbons (Fsp3) is 0.0370. The molecular weight excluding hydrogens is 432 g/mol. The number of aromatic nitrogens is 1. The van der Waals surface area contributed by atoms with Crippen molar-refractivity contribution in [3.05, 3.63) is 123 Å². The number of allylic oxidation sites excluding steroid dienone is 1. The first-order chi connectivity index (χ1) is 16.2. The molecule has 0 bridgehead atoms. The van der Waals surface area contributed by atoms with Gasteiger partial charge in [0.25, 0.3) is 0 Å². The number of hydrogen-bond acceptors (Lipinski definition) is 6. The Morgan fingerprint density at radius 1 is 0.879 bits per heavy atom. The zero-order chi connectivity index (χ0) is 22.4. The first-order valence-corrected chi connectivity index (χ1v) is 11.4. The van der Waals surface area contributed by atoms with E-state index in [1.54, 1.807) is 6.07 Å². The fourth-order valence-electron chi connectivity index (χ4n) is 4.29. The Bertz CT molecular complexity index is 1570. The van der Waals surface area contributed by atoms with Crippen molar-refractivity contribution in [1.29, 1.82) is 0 Å². The maximum Gasteiger partial charge on any atom is 0.344 e. The number of hydrogen-bond donors (Lipinski definition) is 1. The molecule has 0 saturated carbocycles. The number of thiazole rings is 1. The first-order valence-electron chi connectivity index (χ1n) is 10.5. The van der Waals surface area contributed by atoms with Crippen LogP contribution in [0.25, 0.3) is 27.8 Å². The molecule has 5 nitrogen and oxygen atoms in total. The normalized spacial score (nSPS) is 15.3. The molecule has 1 aliphatic rings. The number of nitrogens with two attached hydrogens (primary N) is 1. The van der Waals surface area contributed by atoms with Crippen molar-refractivity contribution in [2.45, 2.75) is 5.92 Å². The van der Waals surface area contributed by atoms with E-state index in [1.165, 1.54) is 11.3 Å². The smallest absolute Gasteiger partial charge is 0.344 e. The summed E-state index contributed by atoms with van der Waals surface area (Å²) in [6.45, 7) is 0. The molecule has 0 saturated heterocycles. The largest absolute Gasteiger partial charge is 0.440 e. The molecule has 3 aromatic carbocycles. The van der Waals surface area contributed by atoms with Crippen molar-refractivity contribution in [2.75, 3.05) is 0 Å². The van der Waals surface area contributed by atoms with Crippen LogP contribution in [0, 0.1) is 0 Å². The van der Waals surface area contributed by atoms with E-state index < -0.39 is 11.5 Å². The number of ether oxygens (including phenoxy) is 1. The molecule has 0 unspecified atom stereocenters. The van der Waals surface area contributed by atoms with Crippen molar-refractivity contribution in [2.24, 2.45) is 5.73 Å². The first kappa shape index (κ1) is 19.5. The minimum atomic E-state index is -0.467. The summed E-state index contributed by atoms with van der Waals surface area (Å²) in [6, 6.07) is 27.1. The summed E-state index contributed by atoms with van der Waals surface area (Å²) in [6.07, 6.45) is 0. The van der Waals surface area contributed by atoms with Gasteiger partial charge in [0.15, 0.2) is 11.6 Å². The Hall–Kier alpha value is -4.16. The van der Waals surface area contributed by atoms with E-state index in [1.807, 2.05) is 84.2 Å². The SMILES string of the molecule is NC1=C(c2nc(-c3ccccc3)cs2)[C@@H](c2ccccc2)c2c(c3ccccc3oc2=O)O1. The van der Waals surface area contributed by atoms with Crippen molar-refractivity contribution < 1.29 is 9.15 Å². The lowest BCUT2D eigenvalue weighted by Crippen LogP contribution is -2.26. The highest BCUT2D eigenvalue weighted by atomic mass is 32.1. The molecule has 6 rings (SSSR count). The van der Waals surface area contributed by atoms with Gasteiger partial charge in [-0.1, -0.05) is 72.8 Å². The molecule has 2 N–H and O–H groups in total.